The molecule has 0 saturated heterocycles. The molecule has 4 rings (SSSR count). The lowest BCUT2D eigenvalue weighted by Gasteiger charge is -2.36. The number of aliphatic hydroxyl groups excluding tert-OH is 1. The third-order valence-electron chi connectivity index (χ3n) is 8.57. The standard InChI is InChI=1S/C36H46ClN3O8S/c1-24-20-40(25(2)23-41)35(42)32-19-30(38-49(45,46)31-15-12-29(37)13-16-31)14-17-33(32)48-26(3)7-5-6-18-47-34(24)22-39(4)21-27-8-10-28(11-9-27)36(43)44/h8-17,19,24-26,34,38,41H,5-7,18,20-23H2,1-4H3,(H,43,44)/t24-,25+,26-,34-/m0/s1. The van der Waals surface area contributed by atoms with Gasteiger partial charge in [-0.1, -0.05) is 30.7 Å². The number of carboxylic acid groups (broad SMARTS) is 1. The number of benzene rings is 3. The van der Waals surface area contributed by atoms with Gasteiger partial charge < -0.3 is 24.6 Å². The van der Waals surface area contributed by atoms with E-state index in [1.165, 1.54) is 30.3 Å². The number of nitrogens with one attached hydrogen (secondary N) is 1. The number of hydrogen-bond donors (Lipinski definition) is 3. The molecule has 0 radical (unpaired) electrons. The van der Waals surface area contributed by atoms with E-state index in [1.807, 2.05) is 20.9 Å². The Morgan fingerprint density at radius 2 is 1.78 bits per heavy atom. The second kappa shape index (κ2) is 17.3. The highest BCUT2D eigenvalue weighted by atomic mass is 35.5. The van der Waals surface area contributed by atoms with Crippen molar-refractivity contribution in [1.82, 2.24) is 9.80 Å². The maximum Gasteiger partial charge on any atom is 0.335 e. The van der Waals surface area contributed by atoms with Gasteiger partial charge in [0.25, 0.3) is 15.9 Å². The van der Waals surface area contributed by atoms with Crippen molar-refractivity contribution in [2.24, 2.45) is 5.92 Å². The SMILES string of the molecule is C[C@H](CO)N1C[C@H](C)[C@H](CN(C)Cc2ccc(C(=O)O)cc2)OCCCC[C@H](C)Oc2ccc(NS(=O)(=O)c3ccc(Cl)cc3)cc2C1=O. The van der Waals surface area contributed by atoms with Crippen LogP contribution in [0.25, 0.3) is 0 Å². The molecule has 3 aromatic rings. The molecule has 0 fully saturated rings. The summed E-state index contributed by atoms with van der Waals surface area (Å²) < 4.78 is 41.6. The number of hydrogen-bond acceptors (Lipinski definition) is 8. The first-order valence-electron chi connectivity index (χ1n) is 16.4. The smallest absolute Gasteiger partial charge is 0.335 e. The molecule has 3 aromatic carbocycles. The van der Waals surface area contributed by atoms with Gasteiger partial charge in [-0.15, -0.1) is 0 Å². The van der Waals surface area contributed by atoms with Crippen LogP contribution in [0.4, 0.5) is 5.69 Å². The zero-order chi connectivity index (χ0) is 35.7. The summed E-state index contributed by atoms with van der Waals surface area (Å²) in [7, 11) is -2.02. The molecule has 1 aliphatic heterocycles. The Balaban J connectivity index is 1.62. The first-order chi connectivity index (χ1) is 23.3. The van der Waals surface area contributed by atoms with Gasteiger partial charge >= 0.3 is 5.97 Å². The molecule has 0 aromatic heterocycles. The Labute approximate surface area is 293 Å². The molecule has 0 spiro atoms. The number of rotatable bonds is 10. The van der Waals surface area contributed by atoms with Crippen molar-refractivity contribution in [3.8, 4) is 5.75 Å². The third-order valence-corrected chi connectivity index (χ3v) is 10.2. The number of carbonyl (C=O) groups is 2. The predicted octanol–water partition coefficient (Wildman–Crippen LogP) is 5.77. The minimum absolute atomic E-state index is 0.0193. The highest BCUT2D eigenvalue weighted by molar-refractivity contribution is 7.92. The van der Waals surface area contributed by atoms with Gasteiger partial charge in [0.05, 0.1) is 40.9 Å². The number of likely N-dealkylation sites (N-methyl/N-ethyl adjacent to an activating group) is 1. The van der Waals surface area contributed by atoms with Crippen LogP contribution in [0, 0.1) is 5.92 Å². The van der Waals surface area contributed by atoms with E-state index < -0.39 is 27.9 Å². The Hall–Kier alpha value is -3.68. The van der Waals surface area contributed by atoms with Crippen LogP contribution in [0.3, 0.4) is 0 Å². The summed E-state index contributed by atoms with van der Waals surface area (Å²) in [5, 5.41) is 19.9. The first-order valence-corrected chi connectivity index (χ1v) is 18.3. The summed E-state index contributed by atoms with van der Waals surface area (Å²) in [6.07, 6.45) is 1.86. The summed E-state index contributed by atoms with van der Waals surface area (Å²) in [5.41, 5.74) is 1.54. The number of aliphatic hydroxyl groups is 1. The van der Waals surface area contributed by atoms with E-state index in [2.05, 4.69) is 9.62 Å². The number of aromatic carboxylic acids is 1. The number of anilines is 1. The maximum absolute atomic E-state index is 14.4. The average Bonchev–Trinajstić information content (AvgIpc) is 3.06. The van der Waals surface area contributed by atoms with Crippen molar-refractivity contribution in [2.45, 2.75) is 69.7 Å². The van der Waals surface area contributed by atoms with Gasteiger partial charge in [0, 0.05) is 42.9 Å². The summed E-state index contributed by atoms with van der Waals surface area (Å²) >= 11 is 5.95. The summed E-state index contributed by atoms with van der Waals surface area (Å²) in [5.74, 6) is -1.22. The normalized spacial score (nSPS) is 20.2. The van der Waals surface area contributed by atoms with Gasteiger partial charge in [-0.05, 0) is 100 Å². The number of amides is 1. The van der Waals surface area contributed by atoms with Crippen LogP contribution >= 0.6 is 11.6 Å². The second-order valence-corrected chi connectivity index (χ2v) is 14.9. The van der Waals surface area contributed by atoms with Crippen LogP contribution < -0.4 is 9.46 Å². The monoisotopic (exact) mass is 715 g/mol. The first kappa shape index (κ1) is 38.1. The lowest BCUT2D eigenvalue weighted by atomic mass is 10.0. The molecule has 11 nitrogen and oxygen atoms in total. The van der Waals surface area contributed by atoms with Gasteiger partial charge in [-0.25, -0.2) is 13.2 Å². The molecule has 3 N–H and O–H groups in total. The topological polar surface area (TPSA) is 146 Å². The van der Waals surface area contributed by atoms with Gasteiger partial charge in [0.1, 0.15) is 5.75 Å². The highest BCUT2D eigenvalue weighted by Crippen LogP contribution is 2.30. The van der Waals surface area contributed by atoms with Crippen molar-refractivity contribution in [1.29, 1.82) is 0 Å². The van der Waals surface area contributed by atoms with Crippen LogP contribution in [-0.4, -0.2) is 91.9 Å². The van der Waals surface area contributed by atoms with E-state index in [0.29, 0.717) is 36.9 Å². The van der Waals surface area contributed by atoms with Gasteiger partial charge in [-0.3, -0.25) is 14.4 Å². The summed E-state index contributed by atoms with van der Waals surface area (Å²) in [4.78, 5) is 29.4. The van der Waals surface area contributed by atoms with E-state index in [1.54, 1.807) is 48.2 Å². The Morgan fingerprint density at radius 1 is 1.08 bits per heavy atom. The highest BCUT2D eigenvalue weighted by Gasteiger charge is 2.31. The number of carboxylic acids is 1. The van der Waals surface area contributed by atoms with Crippen LogP contribution in [0.2, 0.25) is 5.02 Å². The molecule has 13 heteroatoms. The second-order valence-electron chi connectivity index (χ2n) is 12.8. The minimum Gasteiger partial charge on any atom is -0.490 e. The van der Waals surface area contributed by atoms with Crippen molar-refractivity contribution in [2.75, 3.05) is 38.1 Å². The largest absolute Gasteiger partial charge is 0.490 e. The molecule has 0 saturated carbocycles. The molecule has 1 amide bonds. The quantitative estimate of drug-likeness (QED) is 0.238. The Bertz CT molecular complexity index is 1670. The van der Waals surface area contributed by atoms with Crippen LogP contribution in [0.1, 0.15) is 66.3 Å². The Kier molecular flexibility index (Phi) is 13.5. The van der Waals surface area contributed by atoms with Crippen molar-refractivity contribution in [3.05, 3.63) is 88.4 Å². The number of sulfonamides is 1. The molecule has 49 heavy (non-hydrogen) atoms. The zero-order valence-electron chi connectivity index (χ0n) is 28.3. The third kappa shape index (κ3) is 10.7. The van der Waals surface area contributed by atoms with E-state index >= 15 is 0 Å². The molecule has 4 atom stereocenters. The van der Waals surface area contributed by atoms with Gasteiger partial charge in [0.15, 0.2) is 0 Å². The number of nitrogens with zero attached hydrogens (tertiary/aromatic N) is 2. The number of carbonyl (C=O) groups excluding carboxylic acids is 1. The lowest BCUT2D eigenvalue weighted by molar-refractivity contribution is -0.0177. The summed E-state index contributed by atoms with van der Waals surface area (Å²) in [6, 6.07) is 16.6. The van der Waals surface area contributed by atoms with E-state index in [4.69, 9.17) is 21.1 Å². The molecule has 0 bridgehead atoms. The molecular formula is C36H46ClN3O8S. The molecule has 266 valence electrons. The number of ether oxygens (including phenoxy) is 2. The van der Waals surface area contributed by atoms with E-state index in [9.17, 15) is 28.2 Å². The molecular weight excluding hydrogens is 670 g/mol. The lowest BCUT2D eigenvalue weighted by Crippen LogP contribution is -2.47. The number of fused-ring (bicyclic) bond motifs is 1. The van der Waals surface area contributed by atoms with E-state index in [-0.39, 0.29) is 53.0 Å². The molecule has 1 aliphatic rings. The van der Waals surface area contributed by atoms with Crippen LogP contribution in [-0.2, 0) is 21.3 Å². The minimum atomic E-state index is -3.99. The average molecular weight is 716 g/mol. The van der Waals surface area contributed by atoms with Gasteiger partial charge in [-0.2, -0.15) is 0 Å². The van der Waals surface area contributed by atoms with Crippen molar-refractivity contribution in [3.63, 3.8) is 0 Å². The fourth-order valence-electron chi connectivity index (χ4n) is 5.71. The molecule has 1 heterocycles. The predicted molar refractivity (Wildman–Crippen MR) is 189 cm³/mol. The van der Waals surface area contributed by atoms with E-state index in [0.717, 1.165) is 18.4 Å². The van der Waals surface area contributed by atoms with Crippen molar-refractivity contribution >= 4 is 39.2 Å². The zero-order valence-corrected chi connectivity index (χ0v) is 29.9. The fraction of sp³-hybridized carbons (Fsp3) is 0.444. The molecule has 0 aliphatic carbocycles. The summed E-state index contributed by atoms with van der Waals surface area (Å²) in [6.45, 7) is 7.30. The fourth-order valence-corrected chi connectivity index (χ4v) is 6.89. The van der Waals surface area contributed by atoms with Gasteiger partial charge in [0.2, 0.25) is 0 Å². The molecule has 0 unspecified atom stereocenters. The van der Waals surface area contributed by atoms with Crippen LogP contribution in [0.15, 0.2) is 71.6 Å². The van der Waals surface area contributed by atoms with Crippen molar-refractivity contribution < 1.29 is 37.7 Å². The Morgan fingerprint density at radius 3 is 2.43 bits per heavy atom. The number of halogens is 1. The van der Waals surface area contributed by atoms with Crippen LogP contribution in [0.5, 0.6) is 5.75 Å². The maximum atomic E-state index is 14.4.